The second-order valence-electron chi connectivity index (χ2n) is 13.3. The van der Waals surface area contributed by atoms with E-state index >= 15 is 0 Å². The number of aliphatic hydroxyl groups excluding tert-OH is 1. The van der Waals surface area contributed by atoms with Crippen molar-refractivity contribution >= 4 is 36.1 Å². The molecule has 59 heavy (non-hydrogen) atoms. The predicted octanol–water partition coefficient (Wildman–Crippen LogP) is 5.52. The molecule has 304 valence electrons. The number of aromatic nitrogens is 4. The van der Waals surface area contributed by atoms with Gasteiger partial charge in [0.15, 0.2) is 0 Å². The van der Waals surface area contributed by atoms with E-state index in [0.29, 0.717) is 49.9 Å². The summed E-state index contributed by atoms with van der Waals surface area (Å²) in [7, 11) is 0. The number of β-amino-alcohol motifs (C(OH)–C–C–N with tert-alkyl or cyclic N) is 1. The highest BCUT2D eigenvalue weighted by Gasteiger charge is 2.37. The smallest absolute Gasteiger partial charge is 0.341 e. The minimum absolute atomic E-state index is 0.0793. The largest absolute Gasteiger partial charge is 0.458 e. The third kappa shape index (κ3) is 10.8. The van der Waals surface area contributed by atoms with E-state index < -0.39 is 41.5 Å². The molecule has 8 rings (SSSR count). The van der Waals surface area contributed by atoms with E-state index in [1.54, 1.807) is 17.3 Å². The predicted molar refractivity (Wildman–Crippen MR) is 200 cm³/mol. The number of urea groups is 2. The number of halogens is 5. The molecule has 4 aliphatic rings. The van der Waals surface area contributed by atoms with E-state index in [1.807, 2.05) is 12.1 Å². The number of likely N-dealkylation sites (tertiary alicyclic amines) is 2. The first-order valence-electron chi connectivity index (χ1n) is 18.0. The third-order valence-corrected chi connectivity index (χ3v) is 9.38. The van der Waals surface area contributed by atoms with Crippen molar-refractivity contribution < 1.29 is 37.0 Å². The van der Waals surface area contributed by atoms with Crippen molar-refractivity contribution in [3.8, 4) is 18.1 Å². The zero-order valence-corrected chi connectivity index (χ0v) is 31.6. The molecule has 0 aliphatic carbocycles. The first kappa shape index (κ1) is 41.9. The Kier molecular flexibility index (Phi) is 13.6. The first-order valence-corrected chi connectivity index (χ1v) is 18.4. The summed E-state index contributed by atoms with van der Waals surface area (Å²) in [6.45, 7) is 1.43. The third-order valence-electron chi connectivity index (χ3n) is 9.20. The van der Waals surface area contributed by atoms with E-state index in [0.717, 1.165) is 12.1 Å². The van der Waals surface area contributed by atoms with Crippen molar-refractivity contribution in [3.05, 3.63) is 112 Å². The molecule has 6 heterocycles. The molecule has 2 fully saturated rings. The second-order valence-corrected chi connectivity index (χ2v) is 13.6. The molecule has 21 heteroatoms. The summed E-state index contributed by atoms with van der Waals surface area (Å²) in [5.74, 6) is -2.76. The van der Waals surface area contributed by atoms with Gasteiger partial charge < -0.3 is 19.6 Å². The van der Waals surface area contributed by atoms with Crippen molar-refractivity contribution in [2.24, 2.45) is 10.2 Å². The van der Waals surface area contributed by atoms with Crippen LogP contribution in [0.1, 0.15) is 60.3 Å². The highest BCUT2D eigenvalue weighted by molar-refractivity contribution is 6.28. The Morgan fingerprint density at radius 3 is 1.69 bits per heavy atom. The topological polar surface area (TPSA) is 200 Å². The maximum Gasteiger partial charge on any atom is 0.341 e. The van der Waals surface area contributed by atoms with Gasteiger partial charge in [0.05, 0.1) is 24.7 Å². The summed E-state index contributed by atoms with van der Waals surface area (Å²) in [4.78, 5) is 43.5. The fourth-order valence-electron chi connectivity index (χ4n) is 6.50. The maximum atomic E-state index is 13.6. The van der Waals surface area contributed by atoms with Gasteiger partial charge >= 0.3 is 18.1 Å². The van der Waals surface area contributed by atoms with Gasteiger partial charge in [0.25, 0.3) is 0 Å². The molecule has 0 unspecified atom stereocenters. The Bertz CT molecular complexity index is 2290. The number of rotatable bonds is 4. The van der Waals surface area contributed by atoms with Crippen molar-refractivity contribution in [1.29, 1.82) is 10.5 Å². The van der Waals surface area contributed by atoms with Gasteiger partial charge in [-0.05, 0) is 65.5 Å². The van der Waals surface area contributed by atoms with Crippen LogP contribution in [-0.2, 0) is 0 Å². The number of hydrogen-bond acceptors (Lipinski definition) is 12. The normalized spacial score (nSPS) is 20.3. The lowest BCUT2D eigenvalue weighted by Gasteiger charge is -2.27. The lowest BCUT2D eigenvalue weighted by molar-refractivity contribution is 0.138. The van der Waals surface area contributed by atoms with Crippen LogP contribution in [0.15, 0.2) is 71.1 Å². The summed E-state index contributed by atoms with van der Waals surface area (Å²) in [6, 6.07) is 11.4. The minimum atomic E-state index is -0.700. The van der Waals surface area contributed by atoms with Gasteiger partial charge in [0.1, 0.15) is 52.9 Å². The van der Waals surface area contributed by atoms with Crippen LogP contribution in [0.4, 0.5) is 27.2 Å². The van der Waals surface area contributed by atoms with Crippen molar-refractivity contribution in [2.45, 2.75) is 50.0 Å². The monoisotopic (exact) mass is 832 g/mol. The van der Waals surface area contributed by atoms with Crippen molar-refractivity contribution in [1.82, 2.24) is 39.8 Å². The molecular weight excluding hydrogens is 800 g/mol. The van der Waals surface area contributed by atoms with Crippen LogP contribution in [0.2, 0.25) is 5.28 Å². The lowest BCUT2D eigenvalue weighted by Crippen LogP contribution is -2.40. The number of benzene rings is 2. The maximum absolute atomic E-state index is 13.6. The Labute approximate surface area is 339 Å². The summed E-state index contributed by atoms with van der Waals surface area (Å²) in [5.41, 5.74) is 1.20. The van der Waals surface area contributed by atoms with Gasteiger partial charge in [-0.25, -0.2) is 52.1 Å². The zero-order chi connectivity index (χ0) is 42.1. The lowest BCUT2D eigenvalue weighted by atomic mass is 10.0. The summed E-state index contributed by atoms with van der Waals surface area (Å²) in [5, 5.41) is 37.3. The SMILES string of the molecule is N#Cc1ccnc(Cl)n1.N#Cc1ccnc(O[C@@H]2CCN(C(=O)N3N=CC[C@H]3c3cc(F)cc(F)c3)C2)n1.O=C(N1CC[C@@H](O)C1)N1N=CC[C@H]1c1cc(F)cc(F)c1. The van der Waals surface area contributed by atoms with Crippen molar-refractivity contribution in [3.63, 3.8) is 0 Å². The molecule has 4 amide bonds. The Morgan fingerprint density at radius 1 is 0.729 bits per heavy atom. The number of hydrogen-bond donors (Lipinski definition) is 1. The van der Waals surface area contributed by atoms with E-state index in [1.165, 1.54) is 63.7 Å². The molecule has 2 saturated heterocycles. The molecule has 4 aliphatic heterocycles. The van der Waals surface area contributed by atoms with Gasteiger partial charge in [-0.15, -0.1) is 0 Å². The molecule has 4 aromatic rings. The standard InChI is InChI=1S/C19H16F2N6O2.C14H15F2N3O2.C5H2ClN3/c20-13-7-12(8-14(21)9-13)17-2-5-24-27(17)19(28)26-6-3-16(11-26)29-18-23-4-1-15(10-22)25-18;15-10-5-9(6-11(16)7-10)13-1-3-17-19(13)14(21)18-4-2-12(20)8-18;6-5-8-2-1-4(3-7)9-5/h1,4-5,7-9,16-17H,2-3,6,11H2;3,5-7,12-13,20H,1-2,4,8H2;1-2H/t16-,17+;12-,13+;/m11./s1. The number of ether oxygens (including phenoxy) is 1. The van der Waals surface area contributed by atoms with Gasteiger partial charge in [-0.3, -0.25) is 0 Å². The van der Waals surface area contributed by atoms with E-state index in [4.69, 9.17) is 26.9 Å². The molecule has 0 spiro atoms. The van der Waals surface area contributed by atoms with E-state index in [2.05, 4.69) is 30.1 Å². The van der Waals surface area contributed by atoms with E-state index in [9.17, 15) is 32.3 Å². The van der Waals surface area contributed by atoms with Crippen LogP contribution < -0.4 is 4.74 Å². The first-order chi connectivity index (χ1) is 28.4. The minimum Gasteiger partial charge on any atom is -0.458 e. The molecule has 0 radical (unpaired) electrons. The van der Waals surface area contributed by atoms with Crippen LogP contribution in [-0.4, -0.2) is 108 Å². The Balaban J connectivity index is 0.000000169. The number of nitrogens with zero attached hydrogens (tertiary/aromatic N) is 12. The molecular formula is C38H33ClF4N12O4. The van der Waals surface area contributed by atoms with Crippen LogP contribution in [0, 0.1) is 45.9 Å². The number of carbonyl (C=O) groups is 2. The number of aliphatic hydroxyl groups is 1. The number of amides is 4. The molecule has 16 nitrogen and oxygen atoms in total. The molecule has 4 atom stereocenters. The van der Waals surface area contributed by atoms with Crippen LogP contribution >= 0.6 is 11.6 Å². The Hall–Kier alpha value is -6.77. The van der Waals surface area contributed by atoms with Crippen LogP contribution in [0.3, 0.4) is 0 Å². The molecule has 2 aromatic carbocycles. The van der Waals surface area contributed by atoms with Crippen LogP contribution in [0.25, 0.3) is 0 Å². The van der Waals surface area contributed by atoms with Gasteiger partial charge in [-0.1, -0.05) is 0 Å². The van der Waals surface area contributed by atoms with Crippen LogP contribution in [0.5, 0.6) is 6.01 Å². The highest BCUT2D eigenvalue weighted by atomic mass is 35.5. The summed E-state index contributed by atoms with van der Waals surface area (Å²) < 4.78 is 59.5. The molecule has 0 saturated carbocycles. The Morgan fingerprint density at radius 2 is 1.22 bits per heavy atom. The summed E-state index contributed by atoms with van der Waals surface area (Å²) >= 11 is 5.35. The average Bonchev–Trinajstić information content (AvgIpc) is 4.05. The zero-order valence-electron chi connectivity index (χ0n) is 30.8. The average molecular weight is 833 g/mol. The number of carbonyl (C=O) groups excluding carboxylic acids is 2. The highest BCUT2D eigenvalue weighted by Crippen LogP contribution is 2.32. The molecule has 2 aromatic heterocycles. The number of nitriles is 2. The van der Waals surface area contributed by atoms with Gasteiger partial charge in [0, 0.05) is 75.9 Å². The molecule has 0 bridgehead atoms. The van der Waals surface area contributed by atoms with Crippen molar-refractivity contribution in [2.75, 3.05) is 26.2 Å². The summed E-state index contributed by atoms with van der Waals surface area (Å²) in [6.07, 6.45) is 6.99. The fourth-order valence-corrected chi connectivity index (χ4v) is 6.64. The fraction of sp³-hybridized carbons (Fsp3) is 0.316. The number of hydrazone groups is 2. The molecule has 1 N–H and O–H groups in total. The van der Waals surface area contributed by atoms with E-state index in [-0.39, 0.29) is 53.9 Å². The van der Waals surface area contributed by atoms with Gasteiger partial charge in [-0.2, -0.15) is 25.7 Å². The van der Waals surface area contributed by atoms with Gasteiger partial charge in [0.2, 0.25) is 5.28 Å². The quantitative estimate of drug-likeness (QED) is 0.202. The second kappa shape index (κ2) is 19.1.